The molecule has 2 aromatic rings. The van der Waals surface area contributed by atoms with Crippen molar-refractivity contribution in [1.29, 1.82) is 0 Å². The van der Waals surface area contributed by atoms with Gasteiger partial charge in [0.2, 0.25) is 0 Å². The van der Waals surface area contributed by atoms with E-state index in [-0.39, 0.29) is 0 Å². The van der Waals surface area contributed by atoms with E-state index in [1.807, 2.05) is 12.1 Å². The van der Waals surface area contributed by atoms with Crippen molar-refractivity contribution in [3.63, 3.8) is 0 Å². The van der Waals surface area contributed by atoms with E-state index in [9.17, 15) is 13.9 Å². The van der Waals surface area contributed by atoms with Gasteiger partial charge in [0.25, 0.3) is 0 Å². The van der Waals surface area contributed by atoms with E-state index in [1.165, 1.54) is 23.3 Å². The molecule has 2 N–H and O–H groups in total. The Morgan fingerprint density at radius 1 is 1.04 bits per heavy atom. The number of aliphatic hydroxyl groups excluding tert-OH is 1. The Labute approximate surface area is 136 Å². The summed E-state index contributed by atoms with van der Waals surface area (Å²) in [6.45, 7) is 3.18. The highest BCUT2D eigenvalue weighted by molar-refractivity contribution is 5.23. The molecule has 1 radical (unpaired) electrons. The number of rotatable bonds is 8. The van der Waals surface area contributed by atoms with Crippen LogP contribution in [0.1, 0.15) is 23.6 Å². The van der Waals surface area contributed by atoms with Crippen molar-refractivity contribution in [1.82, 2.24) is 5.32 Å². The van der Waals surface area contributed by atoms with Gasteiger partial charge < -0.3 is 10.4 Å². The largest absolute Gasteiger partial charge is 0.391 e. The van der Waals surface area contributed by atoms with Crippen molar-refractivity contribution >= 4 is 0 Å². The van der Waals surface area contributed by atoms with Crippen LogP contribution in [0.5, 0.6) is 0 Å². The fourth-order valence-corrected chi connectivity index (χ4v) is 2.41. The van der Waals surface area contributed by atoms with Crippen LogP contribution < -0.4 is 5.32 Å². The van der Waals surface area contributed by atoms with E-state index in [1.54, 1.807) is 6.42 Å². The molecular weight excluding hydrogens is 296 g/mol. The minimum absolute atomic E-state index is 0.322. The molecule has 0 saturated heterocycles. The minimum Gasteiger partial charge on any atom is -0.391 e. The molecule has 123 valence electrons. The van der Waals surface area contributed by atoms with Crippen molar-refractivity contribution in [2.24, 2.45) is 0 Å². The van der Waals surface area contributed by atoms with E-state index >= 15 is 0 Å². The highest BCUT2D eigenvalue weighted by Gasteiger charge is 2.07. The Morgan fingerprint density at radius 3 is 2.43 bits per heavy atom. The van der Waals surface area contributed by atoms with Crippen molar-refractivity contribution in [3.05, 3.63) is 77.2 Å². The smallest absolute Gasteiger partial charge is 0.126 e. The van der Waals surface area contributed by atoms with Gasteiger partial charge in [-0.05, 0) is 48.1 Å². The summed E-state index contributed by atoms with van der Waals surface area (Å²) in [5, 5.41) is 13.1. The van der Waals surface area contributed by atoms with Crippen LogP contribution in [-0.4, -0.2) is 17.8 Å². The lowest BCUT2D eigenvalue weighted by Crippen LogP contribution is -2.27. The van der Waals surface area contributed by atoms with Crippen LogP contribution in [0.15, 0.2) is 42.5 Å². The molecule has 4 heteroatoms. The quantitative estimate of drug-likeness (QED) is 0.781. The summed E-state index contributed by atoms with van der Waals surface area (Å²) >= 11 is 0. The van der Waals surface area contributed by atoms with E-state index in [2.05, 4.69) is 24.4 Å². The molecule has 0 aromatic heterocycles. The standard InChI is InChI=1S/C19H22F2NO/c1-2-14-4-3-5-16(8-14)12-22-13-19(23)7-6-15-9-17(20)11-18(21)10-15/h3-5,7-11,19,22-23H,2,6,12-13H2,1H3/t19-/m1/s1. The number of aryl methyl sites for hydroxylation is 1. The molecule has 0 saturated carbocycles. The van der Waals surface area contributed by atoms with Crippen LogP contribution in [0.3, 0.4) is 0 Å². The van der Waals surface area contributed by atoms with E-state index in [4.69, 9.17) is 0 Å². The van der Waals surface area contributed by atoms with Gasteiger partial charge in [0.05, 0.1) is 6.10 Å². The summed E-state index contributed by atoms with van der Waals surface area (Å²) in [6, 6.07) is 11.7. The fraction of sp³-hybridized carbons (Fsp3) is 0.316. The predicted molar refractivity (Wildman–Crippen MR) is 87.9 cm³/mol. The number of nitrogens with one attached hydrogen (secondary N) is 1. The van der Waals surface area contributed by atoms with Gasteiger partial charge in [-0.1, -0.05) is 31.2 Å². The number of hydrogen-bond acceptors (Lipinski definition) is 2. The average Bonchev–Trinajstić information content (AvgIpc) is 2.52. The van der Waals surface area contributed by atoms with Crippen LogP contribution in [0.25, 0.3) is 0 Å². The summed E-state index contributed by atoms with van der Waals surface area (Å²) < 4.78 is 26.2. The molecule has 0 heterocycles. The monoisotopic (exact) mass is 318 g/mol. The van der Waals surface area contributed by atoms with Crippen LogP contribution in [0, 0.1) is 18.1 Å². The van der Waals surface area contributed by atoms with Gasteiger partial charge in [0, 0.05) is 19.2 Å². The Balaban J connectivity index is 1.73. The third kappa shape index (κ3) is 6.08. The Hall–Kier alpha value is -1.78. The molecule has 0 amide bonds. The number of hydrogen-bond donors (Lipinski definition) is 2. The van der Waals surface area contributed by atoms with Gasteiger partial charge in [0.15, 0.2) is 0 Å². The molecule has 2 rings (SSSR count). The molecule has 1 atom stereocenters. The van der Waals surface area contributed by atoms with Gasteiger partial charge in [-0.2, -0.15) is 0 Å². The molecule has 0 spiro atoms. The third-order valence-electron chi connectivity index (χ3n) is 3.63. The van der Waals surface area contributed by atoms with E-state index in [0.29, 0.717) is 25.1 Å². The maximum atomic E-state index is 13.1. The predicted octanol–water partition coefficient (Wildman–Crippen LogP) is 3.42. The highest BCUT2D eigenvalue weighted by Crippen LogP contribution is 2.11. The summed E-state index contributed by atoms with van der Waals surface area (Å²) in [6.07, 6.45) is 2.29. The molecule has 23 heavy (non-hydrogen) atoms. The first-order valence-electron chi connectivity index (χ1n) is 7.81. The maximum absolute atomic E-state index is 13.1. The number of halogens is 2. The molecule has 0 bridgehead atoms. The summed E-state index contributed by atoms with van der Waals surface area (Å²) in [5.74, 6) is -1.20. The number of benzene rings is 2. The lowest BCUT2D eigenvalue weighted by Gasteiger charge is -2.12. The SMILES string of the molecule is CCc1cccc(CNC[C@H](O)[CH]Cc2cc(F)cc(F)c2)c1. The second kappa shape index (κ2) is 8.75. The van der Waals surface area contributed by atoms with E-state index in [0.717, 1.165) is 12.5 Å². The Bertz CT molecular complexity index is 610. The topological polar surface area (TPSA) is 32.3 Å². The van der Waals surface area contributed by atoms with Crippen LogP contribution >= 0.6 is 0 Å². The van der Waals surface area contributed by atoms with Gasteiger partial charge >= 0.3 is 0 Å². The minimum atomic E-state index is -0.671. The lowest BCUT2D eigenvalue weighted by molar-refractivity contribution is 0.200. The van der Waals surface area contributed by atoms with Crippen LogP contribution in [0.4, 0.5) is 8.78 Å². The average molecular weight is 318 g/mol. The maximum Gasteiger partial charge on any atom is 0.126 e. The van der Waals surface area contributed by atoms with Crippen LogP contribution in [-0.2, 0) is 19.4 Å². The molecule has 0 aliphatic rings. The normalized spacial score (nSPS) is 12.3. The summed E-state index contributed by atoms with van der Waals surface area (Å²) in [5.41, 5.74) is 2.96. The summed E-state index contributed by atoms with van der Waals surface area (Å²) in [4.78, 5) is 0. The Morgan fingerprint density at radius 2 is 1.74 bits per heavy atom. The molecule has 2 nitrogen and oxygen atoms in total. The molecule has 0 unspecified atom stereocenters. The van der Waals surface area contributed by atoms with Crippen LogP contribution in [0.2, 0.25) is 0 Å². The molecule has 0 aliphatic heterocycles. The number of aliphatic hydroxyl groups is 1. The zero-order valence-electron chi connectivity index (χ0n) is 13.2. The van der Waals surface area contributed by atoms with Gasteiger partial charge in [-0.15, -0.1) is 0 Å². The van der Waals surface area contributed by atoms with Crippen molar-refractivity contribution in [2.75, 3.05) is 6.54 Å². The third-order valence-corrected chi connectivity index (χ3v) is 3.63. The van der Waals surface area contributed by atoms with Crippen molar-refractivity contribution in [2.45, 2.75) is 32.4 Å². The van der Waals surface area contributed by atoms with Crippen molar-refractivity contribution in [3.8, 4) is 0 Å². The Kier molecular flexibility index (Phi) is 6.68. The molecule has 2 aromatic carbocycles. The van der Waals surface area contributed by atoms with Crippen molar-refractivity contribution < 1.29 is 13.9 Å². The molecule has 0 aliphatic carbocycles. The first-order chi connectivity index (χ1) is 11.1. The fourth-order valence-electron chi connectivity index (χ4n) is 2.41. The second-order valence-electron chi connectivity index (χ2n) is 5.59. The van der Waals surface area contributed by atoms with Gasteiger partial charge in [-0.3, -0.25) is 0 Å². The molecular formula is C19H22F2NO. The van der Waals surface area contributed by atoms with E-state index < -0.39 is 17.7 Å². The zero-order valence-corrected chi connectivity index (χ0v) is 13.2. The highest BCUT2D eigenvalue weighted by atomic mass is 19.1. The zero-order chi connectivity index (χ0) is 16.7. The van der Waals surface area contributed by atoms with Gasteiger partial charge in [-0.25, -0.2) is 8.78 Å². The summed E-state index contributed by atoms with van der Waals surface area (Å²) in [7, 11) is 0. The molecule has 0 fully saturated rings. The first kappa shape index (κ1) is 17.6. The first-order valence-corrected chi connectivity index (χ1v) is 7.81. The second-order valence-corrected chi connectivity index (χ2v) is 5.59. The van der Waals surface area contributed by atoms with Gasteiger partial charge in [0.1, 0.15) is 11.6 Å². The lowest BCUT2D eigenvalue weighted by atomic mass is 10.1.